The molecule has 4 heteroatoms. The van der Waals surface area contributed by atoms with E-state index in [0.29, 0.717) is 0 Å². The maximum absolute atomic E-state index is 4.54. The molecule has 1 aliphatic carbocycles. The Hall–Kier alpha value is -0.900. The second kappa shape index (κ2) is 3.84. The highest BCUT2D eigenvalue weighted by molar-refractivity contribution is 7.09. The van der Waals surface area contributed by atoms with Crippen molar-refractivity contribution in [3.8, 4) is 0 Å². The first kappa shape index (κ1) is 10.3. The predicted molar refractivity (Wildman–Crippen MR) is 66.9 cm³/mol. The number of anilines is 1. The fourth-order valence-corrected chi connectivity index (χ4v) is 3.70. The summed E-state index contributed by atoms with van der Waals surface area (Å²) < 4.78 is 4.30. The Morgan fingerprint density at radius 1 is 1.31 bits per heavy atom. The lowest BCUT2D eigenvalue weighted by Crippen LogP contribution is -2.45. The highest BCUT2D eigenvalue weighted by Gasteiger charge is 2.39. The summed E-state index contributed by atoms with van der Waals surface area (Å²) in [7, 11) is 0. The monoisotopic (exact) mass is 235 g/mol. The molecular formula is C12H17N3S. The van der Waals surface area contributed by atoms with Gasteiger partial charge in [0, 0.05) is 18.1 Å². The third-order valence-electron chi connectivity index (χ3n) is 3.72. The van der Waals surface area contributed by atoms with Crippen LogP contribution in [0.25, 0.3) is 0 Å². The topological polar surface area (TPSA) is 29.0 Å². The van der Waals surface area contributed by atoms with Crippen molar-refractivity contribution in [2.24, 2.45) is 0 Å². The second-order valence-electron chi connectivity index (χ2n) is 4.80. The molecule has 2 aliphatic rings. The van der Waals surface area contributed by atoms with E-state index in [0.717, 1.165) is 17.5 Å². The van der Waals surface area contributed by atoms with Gasteiger partial charge in [-0.15, -0.1) is 0 Å². The Morgan fingerprint density at radius 3 is 2.81 bits per heavy atom. The lowest BCUT2D eigenvalue weighted by Gasteiger charge is -2.40. The van der Waals surface area contributed by atoms with Gasteiger partial charge in [0.1, 0.15) is 5.82 Å². The molecule has 0 bridgehead atoms. The van der Waals surface area contributed by atoms with Gasteiger partial charge in [-0.2, -0.15) is 4.37 Å². The number of aromatic nitrogens is 2. The van der Waals surface area contributed by atoms with Crippen LogP contribution in [0.15, 0.2) is 12.2 Å². The quantitative estimate of drug-likeness (QED) is 0.701. The van der Waals surface area contributed by atoms with Gasteiger partial charge in [0.25, 0.3) is 0 Å². The van der Waals surface area contributed by atoms with Crippen molar-refractivity contribution >= 4 is 16.7 Å². The zero-order valence-corrected chi connectivity index (χ0v) is 10.5. The summed E-state index contributed by atoms with van der Waals surface area (Å²) in [6.45, 7) is 2.98. The van der Waals surface area contributed by atoms with Gasteiger partial charge < -0.3 is 4.90 Å². The van der Waals surface area contributed by atoms with Gasteiger partial charge in [-0.3, -0.25) is 0 Å². The normalized spacial score (nSPS) is 23.2. The standard InChI is InChI=1S/C12H17N3S/c1-10-13-11(16-14-10)15-9-5-8-12(15)6-3-2-4-7-12/h5,8H,2-4,6-7,9H2,1H3. The average molecular weight is 235 g/mol. The highest BCUT2D eigenvalue weighted by atomic mass is 32.1. The van der Waals surface area contributed by atoms with Gasteiger partial charge in [0.2, 0.25) is 5.13 Å². The summed E-state index contributed by atoms with van der Waals surface area (Å²) in [6.07, 6.45) is 11.3. The lowest BCUT2D eigenvalue weighted by molar-refractivity contribution is 0.349. The summed E-state index contributed by atoms with van der Waals surface area (Å²) in [5.41, 5.74) is 0.268. The van der Waals surface area contributed by atoms with Gasteiger partial charge in [-0.05, 0) is 19.8 Å². The van der Waals surface area contributed by atoms with Crippen LogP contribution in [0, 0.1) is 6.92 Å². The van der Waals surface area contributed by atoms with Gasteiger partial charge >= 0.3 is 0 Å². The first-order chi connectivity index (χ1) is 7.80. The van der Waals surface area contributed by atoms with Crippen molar-refractivity contribution < 1.29 is 0 Å². The maximum atomic E-state index is 4.54. The van der Waals surface area contributed by atoms with Crippen LogP contribution in [-0.4, -0.2) is 21.4 Å². The molecule has 16 heavy (non-hydrogen) atoms. The minimum Gasteiger partial charge on any atom is -0.334 e. The van der Waals surface area contributed by atoms with Crippen LogP contribution < -0.4 is 4.90 Å². The molecule has 86 valence electrons. The Balaban J connectivity index is 1.90. The molecule has 3 rings (SSSR count). The molecule has 0 N–H and O–H groups in total. The largest absolute Gasteiger partial charge is 0.334 e. The number of rotatable bonds is 1. The van der Waals surface area contributed by atoms with E-state index in [-0.39, 0.29) is 5.54 Å². The van der Waals surface area contributed by atoms with Crippen molar-refractivity contribution in [1.29, 1.82) is 0 Å². The van der Waals surface area contributed by atoms with E-state index in [2.05, 4.69) is 26.4 Å². The van der Waals surface area contributed by atoms with E-state index in [9.17, 15) is 0 Å². The second-order valence-corrected chi connectivity index (χ2v) is 5.53. The zero-order chi connectivity index (χ0) is 11.0. The molecule has 0 radical (unpaired) electrons. The summed E-state index contributed by atoms with van der Waals surface area (Å²) in [6, 6.07) is 0. The van der Waals surface area contributed by atoms with Crippen molar-refractivity contribution in [2.45, 2.75) is 44.6 Å². The van der Waals surface area contributed by atoms with E-state index in [4.69, 9.17) is 0 Å². The van der Waals surface area contributed by atoms with E-state index in [1.54, 1.807) is 0 Å². The smallest absolute Gasteiger partial charge is 0.206 e. The first-order valence-corrected chi connectivity index (χ1v) is 6.83. The molecule has 1 spiro atoms. The van der Waals surface area contributed by atoms with E-state index in [1.807, 2.05) is 6.92 Å². The van der Waals surface area contributed by atoms with Crippen molar-refractivity contribution in [1.82, 2.24) is 9.36 Å². The minimum absolute atomic E-state index is 0.268. The van der Waals surface area contributed by atoms with Gasteiger partial charge in [-0.1, -0.05) is 31.4 Å². The Labute approximate surface area is 100 Å². The van der Waals surface area contributed by atoms with Crippen LogP contribution in [0.5, 0.6) is 0 Å². The number of hydrogen-bond donors (Lipinski definition) is 0. The summed E-state index contributed by atoms with van der Waals surface area (Å²) >= 11 is 1.54. The van der Waals surface area contributed by atoms with E-state index in [1.165, 1.54) is 43.6 Å². The van der Waals surface area contributed by atoms with Crippen LogP contribution in [0.4, 0.5) is 5.13 Å². The fourth-order valence-electron chi connectivity index (χ4n) is 2.91. The molecule has 0 amide bonds. The van der Waals surface area contributed by atoms with Crippen molar-refractivity contribution in [3.05, 3.63) is 18.0 Å². The molecule has 0 aromatic carbocycles. The van der Waals surface area contributed by atoms with E-state index < -0.39 is 0 Å². The number of nitrogens with zero attached hydrogens (tertiary/aromatic N) is 3. The fraction of sp³-hybridized carbons (Fsp3) is 0.667. The molecule has 0 saturated heterocycles. The highest BCUT2D eigenvalue weighted by Crippen LogP contribution is 2.40. The third-order valence-corrected chi connectivity index (χ3v) is 4.55. The summed E-state index contributed by atoms with van der Waals surface area (Å²) in [5.74, 6) is 0.901. The maximum Gasteiger partial charge on any atom is 0.206 e. The zero-order valence-electron chi connectivity index (χ0n) is 9.65. The molecular weight excluding hydrogens is 218 g/mol. The van der Waals surface area contributed by atoms with Crippen LogP contribution in [0.1, 0.15) is 37.9 Å². The van der Waals surface area contributed by atoms with Crippen molar-refractivity contribution in [2.75, 3.05) is 11.4 Å². The lowest BCUT2D eigenvalue weighted by atomic mass is 9.82. The molecule has 1 saturated carbocycles. The van der Waals surface area contributed by atoms with Crippen LogP contribution in [-0.2, 0) is 0 Å². The molecule has 1 aliphatic heterocycles. The SMILES string of the molecule is Cc1nsc(N2CC=CC23CCCCC3)n1. The molecule has 3 nitrogen and oxygen atoms in total. The van der Waals surface area contributed by atoms with Gasteiger partial charge in [0.05, 0.1) is 5.54 Å². The molecule has 0 unspecified atom stereocenters. The first-order valence-electron chi connectivity index (χ1n) is 6.06. The van der Waals surface area contributed by atoms with Crippen LogP contribution in [0.2, 0.25) is 0 Å². The van der Waals surface area contributed by atoms with Crippen LogP contribution >= 0.6 is 11.5 Å². The van der Waals surface area contributed by atoms with E-state index >= 15 is 0 Å². The van der Waals surface area contributed by atoms with Crippen LogP contribution in [0.3, 0.4) is 0 Å². The Kier molecular flexibility index (Phi) is 2.46. The van der Waals surface area contributed by atoms with Gasteiger partial charge in [-0.25, -0.2) is 4.98 Å². The molecule has 1 fully saturated rings. The Morgan fingerprint density at radius 2 is 2.12 bits per heavy atom. The van der Waals surface area contributed by atoms with Gasteiger partial charge in [0.15, 0.2) is 0 Å². The average Bonchev–Trinajstić information content (AvgIpc) is 2.87. The molecule has 1 aromatic heterocycles. The summed E-state index contributed by atoms with van der Waals surface area (Å²) in [5, 5.41) is 1.10. The number of aryl methyl sites for hydroxylation is 1. The van der Waals surface area contributed by atoms with Crippen molar-refractivity contribution in [3.63, 3.8) is 0 Å². The molecule has 2 heterocycles. The Bertz CT molecular complexity index is 404. The summed E-state index contributed by atoms with van der Waals surface area (Å²) in [4.78, 5) is 6.99. The predicted octanol–water partition coefficient (Wildman–Crippen LogP) is 2.93. The third kappa shape index (κ3) is 1.56. The minimum atomic E-state index is 0.268. The number of hydrogen-bond acceptors (Lipinski definition) is 4. The molecule has 1 aromatic rings. The molecule has 0 atom stereocenters.